The van der Waals surface area contributed by atoms with Crippen molar-refractivity contribution < 1.29 is 13.9 Å². The van der Waals surface area contributed by atoms with Crippen LogP contribution in [0.1, 0.15) is 24.8 Å². The van der Waals surface area contributed by atoms with Gasteiger partial charge in [-0.1, -0.05) is 11.8 Å². The summed E-state index contributed by atoms with van der Waals surface area (Å²) in [5.41, 5.74) is 0.628. The first kappa shape index (κ1) is 13.7. The normalized spacial score (nSPS) is 9.35. The van der Waals surface area contributed by atoms with Crippen molar-refractivity contribution in [2.75, 3.05) is 7.11 Å². The first-order valence-electron chi connectivity index (χ1n) is 5.14. The van der Waals surface area contributed by atoms with Gasteiger partial charge in [0, 0.05) is 18.4 Å². The number of ether oxygens (including phenoxy) is 1. The Morgan fingerprint density at radius 2 is 2.29 bits per heavy atom. The minimum Gasteiger partial charge on any atom is -0.469 e. The minimum atomic E-state index is -0.327. The number of rotatable bonds is 3. The van der Waals surface area contributed by atoms with Gasteiger partial charge in [-0.15, -0.1) is 0 Å². The monoisotopic (exact) mass is 298 g/mol. The van der Waals surface area contributed by atoms with E-state index in [1.165, 1.54) is 13.2 Å². The molecular formula is C13H12BrFO2. The molecule has 0 N–H and O–H groups in total. The van der Waals surface area contributed by atoms with Crippen LogP contribution in [-0.2, 0) is 9.53 Å². The zero-order valence-corrected chi connectivity index (χ0v) is 11.0. The van der Waals surface area contributed by atoms with Crippen LogP contribution >= 0.6 is 15.9 Å². The molecule has 0 heterocycles. The van der Waals surface area contributed by atoms with Gasteiger partial charge < -0.3 is 4.74 Å². The van der Waals surface area contributed by atoms with Crippen molar-refractivity contribution in [3.63, 3.8) is 0 Å². The largest absolute Gasteiger partial charge is 0.469 e. The van der Waals surface area contributed by atoms with Gasteiger partial charge in [0.25, 0.3) is 0 Å². The molecule has 0 aliphatic carbocycles. The second-order valence-electron chi connectivity index (χ2n) is 3.36. The van der Waals surface area contributed by atoms with Crippen LogP contribution in [0.15, 0.2) is 22.7 Å². The van der Waals surface area contributed by atoms with Crippen molar-refractivity contribution >= 4 is 21.9 Å². The number of halogens is 2. The summed E-state index contributed by atoms with van der Waals surface area (Å²) < 4.78 is 18.1. The SMILES string of the molecule is COC(=O)CCCC#Cc1ccc(Br)c(F)c1. The molecule has 0 saturated heterocycles. The van der Waals surface area contributed by atoms with E-state index in [2.05, 4.69) is 32.5 Å². The van der Waals surface area contributed by atoms with Gasteiger partial charge in [-0.05, 0) is 40.5 Å². The van der Waals surface area contributed by atoms with Gasteiger partial charge in [-0.2, -0.15) is 0 Å². The maximum absolute atomic E-state index is 13.1. The second kappa shape index (κ2) is 7.08. The Kier molecular flexibility index (Phi) is 5.71. The Balaban J connectivity index is 2.44. The third-order valence-corrected chi connectivity index (χ3v) is 2.71. The summed E-state index contributed by atoms with van der Waals surface area (Å²) >= 11 is 3.07. The molecule has 0 radical (unpaired) electrons. The van der Waals surface area contributed by atoms with E-state index in [0.29, 0.717) is 29.3 Å². The lowest BCUT2D eigenvalue weighted by atomic mass is 10.2. The molecule has 0 fully saturated rings. The lowest BCUT2D eigenvalue weighted by Crippen LogP contribution is -1.98. The average Bonchev–Trinajstić information content (AvgIpc) is 2.33. The number of unbranched alkanes of at least 4 members (excludes halogenated alkanes) is 1. The van der Waals surface area contributed by atoms with Crippen molar-refractivity contribution in [3.05, 3.63) is 34.1 Å². The number of hydrogen-bond donors (Lipinski definition) is 0. The van der Waals surface area contributed by atoms with Crippen molar-refractivity contribution in [1.29, 1.82) is 0 Å². The van der Waals surface area contributed by atoms with Gasteiger partial charge in [0.1, 0.15) is 5.82 Å². The number of esters is 1. The van der Waals surface area contributed by atoms with Gasteiger partial charge >= 0.3 is 5.97 Å². The van der Waals surface area contributed by atoms with Crippen LogP contribution in [0.2, 0.25) is 0 Å². The van der Waals surface area contributed by atoms with Crippen molar-refractivity contribution in [3.8, 4) is 11.8 Å². The standard InChI is InChI=1S/C13H12BrFO2/c1-17-13(16)6-4-2-3-5-10-7-8-11(14)12(15)9-10/h7-9H,2,4,6H2,1H3. The van der Waals surface area contributed by atoms with Crippen LogP contribution in [0.3, 0.4) is 0 Å². The quantitative estimate of drug-likeness (QED) is 0.486. The zero-order valence-electron chi connectivity index (χ0n) is 9.43. The summed E-state index contributed by atoms with van der Waals surface area (Å²) in [6.07, 6.45) is 1.60. The first-order chi connectivity index (χ1) is 8.13. The molecule has 4 heteroatoms. The molecule has 0 amide bonds. The predicted octanol–water partition coefficient (Wildman–Crippen LogP) is 3.28. The highest BCUT2D eigenvalue weighted by Crippen LogP contribution is 2.15. The predicted molar refractivity (Wildman–Crippen MR) is 66.8 cm³/mol. The van der Waals surface area contributed by atoms with E-state index in [9.17, 15) is 9.18 Å². The molecule has 2 nitrogen and oxygen atoms in total. The third kappa shape index (κ3) is 5.01. The van der Waals surface area contributed by atoms with E-state index in [-0.39, 0.29) is 11.8 Å². The Morgan fingerprint density at radius 3 is 2.94 bits per heavy atom. The average molecular weight is 299 g/mol. The summed E-state index contributed by atoms with van der Waals surface area (Å²) in [5.74, 6) is 5.17. The molecule has 0 spiro atoms. The topological polar surface area (TPSA) is 26.3 Å². The van der Waals surface area contributed by atoms with Crippen LogP contribution in [0.4, 0.5) is 4.39 Å². The molecule has 0 aliphatic heterocycles. The van der Waals surface area contributed by atoms with E-state index >= 15 is 0 Å². The molecule has 1 aromatic rings. The molecule has 1 aromatic carbocycles. The fraction of sp³-hybridized carbons (Fsp3) is 0.308. The zero-order chi connectivity index (χ0) is 12.7. The van der Waals surface area contributed by atoms with Gasteiger partial charge in [0.2, 0.25) is 0 Å². The molecule has 0 aliphatic rings. The molecule has 0 aromatic heterocycles. The van der Waals surface area contributed by atoms with Crippen LogP contribution < -0.4 is 0 Å². The van der Waals surface area contributed by atoms with Crippen molar-refractivity contribution in [1.82, 2.24) is 0 Å². The van der Waals surface area contributed by atoms with Crippen LogP contribution in [0.25, 0.3) is 0 Å². The van der Waals surface area contributed by atoms with Crippen LogP contribution in [0.5, 0.6) is 0 Å². The summed E-state index contributed by atoms with van der Waals surface area (Å²) in [5, 5.41) is 0. The maximum atomic E-state index is 13.1. The summed E-state index contributed by atoms with van der Waals surface area (Å²) in [6.45, 7) is 0. The fourth-order valence-corrected chi connectivity index (χ4v) is 1.41. The Labute approximate surface area is 108 Å². The highest BCUT2D eigenvalue weighted by molar-refractivity contribution is 9.10. The molecule has 17 heavy (non-hydrogen) atoms. The summed E-state index contributed by atoms with van der Waals surface area (Å²) in [6, 6.07) is 4.73. The molecule has 0 saturated carbocycles. The Morgan fingerprint density at radius 1 is 1.53 bits per heavy atom. The van der Waals surface area contributed by atoms with Gasteiger partial charge in [-0.3, -0.25) is 4.79 Å². The summed E-state index contributed by atoms with van der Waals surface area (Å²) in [7, 11) is 1.36. The van der Waals surface area contributed by atoms with Gasteiger partial charge in [-0.25, -0.2) is 4.39 Å². The van der Waals surface area contributed by atoms with E-state index in [1.807, 2.05) is 0 Å². The molecule has 90 valence electrons. The number of carbonyl (C=O) groups excluding carboxylic acids is 1. The maximum Gasteiger partial charge on any atom is 0.305 e. The Bertz CT molecular complexity index is 460. The third-order valence-electron chi connectivity index (χ3n) is 2.06. The molecule has 0 atom stereocenters. The molecular weight excluding hydrogens is 287 g/mol. The minimum absolute atomic E-state index is 0.235. The lowest BCUT2D eigenvalue weighted by molar-refractivity contribution is -0.140. The molecule has 1 rings (SSSR count). The van der Waals surface area contributed by atoms with Gasteiger partial charge in [0.05, 0.1) is 11.6 Å². The summed E-state index contributed by atoms with van der Waals surface area (Å²) in [4.78, 5) is 10.8. The highest BCUT2D eigenvalue weighted by Gasteiger charge is 1.98. The number of carbonyl (C=O) groups is 1. The highest BCUT2D eigenvalue weighted by atomic mass is 79.9. The second-order valence-corrected chi connectivity index (χ2v) is 4.21. The fourth-order valence-electron chi connectivity index (χ4n) is 1.16. The van der Waals surface area contributed by atoms with Crippen molar-refractivity contribution in [2.45, 2.75) is 19.3 Å². The van der Waals surface area contributed by atoms with E-state index in [0.717, 1.165) is 0 Å². The molecule has 0 bridgehead atoms. The van der Waals surface area contributed by atoms with Crippen molar-refractivity contribution in [2.24, 2.45) is 0 Å². The number of methoxy groups -OCH3 is 1. The first-order valence-corrected chi connectivity index (χ1v) is 5.93. The van der Waals surface area contributed by atoms with E-state index in [4.69, 9.17) is 0 Å². The number of hydrogen-bond acceptors (Lipinski definition) is 2. The molecule has 0 unspecified atom stereocenters. The van der Waals surface area contributed by atoms with E-state index in [1.54, 1.807) is 12.1 Å². The smallest absolute Gasteiger partial charge is 0.305 e. The lowest BCUT2D eigenvalue weighted by Gasteiger charge is -1.95. The number of benzene rings is 1. The van der Waals surface area contributed by atoms with Crippen LogP contribution in [0, 0.1) is 17.7 Å². The van der Waals surface area contributed by atoms with Gasteiger partial charge in [0.15, 0.2) is 0 Å². The van der Waals surface area contributed by atoms with E-state index < -0.39 is 0 Å². The Hall–Kier alpha value is -1.34. The van der Waals surface area contributed by atoms with Crippen LogP contribution in [-0.4, -0.2) is 13.1 Å².